The minimum atomic E-state index is -0.553. The third-order valence-corrected chi connectivity index (χ3v) is 3.60. The standard InChI is InChI=1S/C17H25N3O2/c1-3-10-22-13-16(21)12-15-11-14(2)6-7-17(15)18-19-20-8-4-5-9-20/h3,6-7,11,16,21H,1,4-5,8-10,12-13H2,2H3. The van der Waals surface area contributed by atoms with Crippen molar-refractivity contribution in [1.82, 2.24) is 5.01 Å². The van der Waals surface area contributed by atoms with Gasteiger partial charge in [-0.3, -0.25) is 5.01 Å². The van der Waals surface area contributed by atoms with Gasteiger partial charge >= 0.3 is 0 Å². The Bertz CT molecular complexity index is 511. The maximum atomic E-state index is 10.1. The van der Waals surface area contributed by atoms with Gasteiger partial charge < -0.3 is 9.84 Å². The third-order valence-electron chi connectivity index (χ3n) is 3.60. The summed E-state index contributed by atoms with van der Waals surface area (Å²) in [5.74, 6) is 0. The van der Waals surface area contributed by atoms with E-state index < -0.39 is 6.10 Å². The van der Waals surface area contributed by atoms with Gasteiger partial charge in [-0.15, -0.1) is 11.7 Å². The number of aliphatic hydroxyl groups excluding tert-OH is 1. The van der Waals surface area contributed by atoms with Crippen LogP contribution in [0.4, 0.5) is 5.69 Å². The van der Waals surface area contributed by atoms with Crippen LogP contribution in [0.5, 0.6) is 0 Å². The highest BCUT2D eigenvalue weighted by atomic mass is 16.5. The highest BCUT2D eigenvalue weighted by Gasteiger charge is 2.12. The van der Waals surface area contributed by atoms with Crippen LogP contribution in [-0.2, 0) is 11.2 Å². The van der Waals surface area contributed by atoms with Crippen LogP contribution < -0.4 is 0 Å². The Morgan fingerprint density at radius 1 is 1.41 bits per heavy atom. The summed E-state index contributed by atoms with van der Waals surface area (Å²) in [5.41, 5.74) is 2.97. The molecule has 0 saturated carbocycles. The summed E-state index contributed by atoms with van der Waals surface area (Å²) in [7, 11) is 0. The van der Waals surface area contributed by atoms with Gasteiger partial charge in [0.15, 0.2) is 0 Å². The van der Waals surface area contributed by atoms with E-state index in [-0.39, 0.29) is 0 Å². The summed E-state index contributed by atoms with van der Waals surface area (Å²) in [4.78, 5) is 0. The molecule has 1 unspecified atom stereocenters. The highest BCUT2D eigenvalue weighted by Crippen LogP contribution is 2.23. The average molecular weight is 303 g/mol. The van der Waals surface area contributed by atoms with Crippen LogP contribution in [0, 0.1) is 6.92 Å². The third kappa shape index (κ3) is 5.24. The van der Waals surface area contributed by atoms with Gasteiger partial charge in [0, 0.05) is 19.5 Å². The molecule has 1 N–H and O–H groups in total. The first kappa shape index (κ1) is 16.6. The number of rotatable bonds is 8. The van der Waals surface area contributed by atoms with Gasteiger partial charge in [0.25, 0.3) is 0 Å². The van der Waals surface area contributed by atoms with Crippen molar-refractivity contribution in [2.24, 2.45) is 10.3 Å². The molecule has 5 nitrogen and oxygen atoms in total. The van der Waals surface area contributed by atoms with Crippen molar-refractivity contribution < 1.29 is 9.84 Å². The van der Waals surface area contributed by atoms with Crippen LogP contribution >= 0.6 is 0 Å². The first-order valence-electron chi connectivity index (χ1n) is 7.82. The Hall–Kier alpha value is -1.72. The molecule has 0 radical (unpaired) electrons. The van der Waals surface area contributed by atoms with Crippen molar-refractivity contribution >= 4 is 5.69 Å². The lowest BCUT2D eigenvalue weighted by atomic mass is 10.0. The lowest BCUT2D eigenvalue weighted by Gasteiger charge is -2.13. The molecule has 1 aliphatic heterocycles. The second-order valence-corrected chi connectivity index (χ2v) is 5.67. The van der Waals surface area contributed by atoms with E-state index in [0.717, 1.165) is 29.9 Å². The van der Waals surface area contributed by atoms with E-state index in [0.29, 0.717) is 19.6 Å². The van der Waals surface area contributed by atoms with E-state index in [1.807, 2.05) is 24.1 Å². The molecule has 5 heteroatoms. The van der Waals surface area contributed by atoms with E-state index in [2.05, 4.69) is 23.0 Å². The first-order chi connectivity index (χ1) is 10.7. The number of benzene rings is 1. The zero-order valence-corrected chi connectivity index (χ0v) is 13.2. The fourth-order valence-corrected chi connectivity index (χ4v) is 2.48. The predicted molar refractivity (Wildman–Crippen MR) is 87.2 cm³/mol. The van der Waals surface area contributed by atoms with E-state index in [1.165, 1.54) is 12.8 Å². The molecular weight excluding hydrogens is 278 g/mol. The molecule has 0 spiro atoms. The Balaban J connectivity index is 2.01. The smallest absolute Gasteiger partial charge is 0.0907 e. The molecule has 1 atom stereocenters. The molecule has 1 fully saturated rings. The molecule has 0 aromatic heterocycles. The lowest BCUT2D eigenvalue weighted by Crippen LogP contribution is -2.18. The fourth-order valence-electron chi connectivity index (χ4n) is 2.48. The highest BCUT2D eigenvalue weighted by molar-refractivity contribution is 5.47. The van der Waals surface area contributed by atoms with E-state index in [1.54, 1.807) is 6.08 Å². The molecule has 1 saturated heterocycles. The molecule has 22 heavy (non-hydrogen) atoms. The molecule has 120 valence electrons. The van der Waals surface area contributed by atoms with Crippen LogP contribution in [0.15, 0.2) is 41.2 Å². The SMILES string of the molecule is C=CCOCC(O)Cc1cc(C)ccc1N=NN1CCCC1. The summed E-state index contributed by atoms with van der Waals surface area (Å²) in [6.45, 7) is 8.32. The molecule has 0 bridgehead atoms. The fraction of sp³-hybridized carbons (Fsp3) is 0.529. The largest absolute Gasteiger partial charge is 0.390 e. The monoisotopic (exact) mass is 303 g/mol. The normalized spacial score (nSPS) is 16.4. The van der Waals surface area contributed by atoms with Gasteiger partial charge in [-0.1, -0.05) is 29.0 Å². The molecule has 2 rings (SSSR count). The number of aryl methyl sites for hydroxylation is 1. The molecule has 0 aliphatic carbocycles. The van der Waals surface area contributed by atoms with Crippen molar-refractivity contribution in [3.8, 4) is 0 Å². The number of hydrogen-bond acceptors (Lipinski definition) is 4. The average Bonchev–Trinajstić information content (AvgIpc) is 3.00. The van der Waals surface area contributed by atoms with Gasteiger partial charge in [0.05, 0.1) is 25.0 Å². The van der Waals surface area contributed by atoms with Crippen LogP contribution in [0.2, 0.25) is 0 Å². The first-order valence-corrected chi connectivity index (χ1v) is 7.82. The number of aliphatic hydroxyl groups is 1. The lowest BCUT2D eigenvalue weighted by molar-refractivity contribution is 0.0497. The van der Waals surface area contributed by atoms with Gasteiger partial charge in [-0.2, -0.15) is 0 Å². The summed E-state index contributed by atoms with van der Waals surface area (Å²) in [5, 5.41) is 20.7. The van der Waals surface area contributed by atoms with Gasteiger partial charge in [0.1, 0.15) is 0 Å². The summed E-state index contributed by atoms with van der Waals surface area (Å²) >= 11 is 0. The second-order valence-electron chi connectivity index (χ2n) is 5.67. The van der Waals surface area contributed by atoms with E-state index in [4.69, 9.17) is 4.74 Å². The quantitative estimate of drug-likeness (QED) is 0.456. The van der Waals surface area contributed by atoms with E-state index in [9.17, 15) is 5.11 Å². The van der Waals surface area contributed by atoms with Crippen molar-refractivity contribution in [1.29, 1.82) is 0 Å². The van der Waals surface area contributed by atoms with Crippen molar-refractivity contribution in [2.45, 2.75) is 32.3 Å². The van der Waals surface area contributed by atoms with Crippen molar-refractivity contribution in [2.75, 3.05) is 26.3 Å². The zero-order chi connectivity index (χ0) is 15.8. The molecule has 1 aromatic rings. The maximum Gasteiger partial charge on any atom is 0.0907 e. The Kier molecular flexibility index (Phi) is 6.55. The molecular formula is C17H25N3O2. The topological polar surface area (TPSA) is 57.4 Å². The minimum Gasteiger partial charge on any atom is -0.390 e. The number of hydrogen-bond donors (Lipinski definition) is 1. The Morgan fingerprint density at radius 2 is 2.18 bits per heavy atom. The van der Waals surface area contributed by atoms with Gasteiger partial charge in [-0.05, 0) is 31.4 Å². The predicted octanol–water partition coefficient (Wildman–Crippen LogP) is 3.20. The second kappa shape index (κ2) is 8.66. The molecule has 1 heterocycles. The van der Waals surface area contributed by atoms with E-state index >= 15 is 0 Å². The summed E-state index contributed by atoms with van der Waals surface area (Å²) < 4.78 is 5.30. The minimum absolute atomic E-state index is 0.294. The molecule has 0 amide bonds. The van der Waals surface area contributed by atoms with Crippen LogP contribution in [-0.4, -0.2) is 42.5 Å². The Labute approximate surface area is 132 Å². The number of nitrogens with zero attached hydrogens (tertiary/aromatic N) is 3. The number of ether oxygens (including phenoxy) is 1. The summed E-state index contributed by atoms with van der Waals surface area (Å²) in [6, 6.07) is 6.03. The van der Waals surface area contributed by atoms with Crippen LogP contribution in [0.3, 0.4) is 0 Å². The van der Waals surface area contributed by atoms with Crippen LogP contribution in [0.1, 0.15) is 24.0 Å². The van der Waals surface area contributed by atoms with Crippen LogP contribution in [0.25, 0.3) is 0 Å². The van der Waals surface area contributed by atoms with Gasteiger partial charge in [0.2, 0.25) is 0 Å². The molecule has 1 aromatic carbocycles. The van der Waals surface area contributed by atoms with Crippen molar-refractivity contribution in [3.05, 3.63) is 42.0 Å². The van der Waals surface area contributed by atoms with Gasteiger partial charge in [-0.25, -0.2) is 0 Å². The zero-order valence-electron chi connectivity index (χ0n) is 13.2. The summed E-state index contributed by atoms with van der Waals surface area (Å²) in [6.07, 6.45) is 3.99. The van der Waals surface area contributed by atoms with Crippen molar-refractivity contribution in [3.63, 3.8) is 0 Å². The maximum absolute atomic E-state index is 10.1. The Morgan fingerprint density at radius 3 is 2.91 bits per heavy atom. The molecule has 1 aliphatic rings.